The molecule has 1 aliphatic carbocycles. The summed E-state index contributed by atoms with van der Waals surface area (Å²) in [6.07, 6.45) is -2.57. The second kappa shape index (κ2) is 4.46. The SMILES string of the molecule is Cc1nc(S(=O)(=O)NS(=O)(=O)C2(C(F)F)CC2)cn1C. The Hall–Kier alpha value is -1.07. The highest BCUT2D eigenvalue weighted by Crippen LogP contribution is 2.48. The highest BCUT2D eigenvalue weighted by molar-refractivity contribution is 8.05. The lowest BCUT2D eigenvalue weighted by Crippen LogP contribution is -2.43. The Morgan fingerprint density at radius 3 is 2.25 bits per heavy atom. The number of sulfonamides is 2. The Kier molecular flexibility index (Phi) is 3.42. The van der Waals surface area contributed by atoms with Crippen molar-refractivity contribution >= 4 is 20.0 Å². The van der Waals surface area contributed by atoms with Crippen LogP contribution in [0.5, 0.6) is 0 Å². The maximum Gasteiger partial charge on any atom is 0.272 e. The second-order valence-corrected chi connectivity index (χ2v) is 8.60. The van der Waals surface area contributed by atoms with Crippen molar-refractivity contribution in [3.8, 4) is 0 Å². The van der Waals surface area contributed by atoms with Crippen molar-refractivity contribution in [3.63, 3.8) is 0 Å². The molecule has 20 heavy (non-hydrogen) atoms. The Bertz CT molecular complexity index is 716. The Labute approximate surface area is 115 Å². The number of alkyl halides is 2. The number of aromatic nitrogens is 2. The number of imidazole rings is 1. The first-order valence-electron chi connectivity index (χ1n) is 5.58. The molecule has 1 heterocycles. The molecule has 1 N–H and O–H groups in total. The monoisotopic (exact) mass is 329 g/mol. The highest BCUT2D eigenvalue weighted by atomic mass is 32.3. The summed E-state index contributed by atoms with van der Waals surface area (Å²) in [6, 6.07) is 0. The molecule has 0 bridgehead atoms. The molecule has 1 aromatic heterocycles. The lowest BCUT2D eigenvalue weighted by atomic mass is 10.4. The van der Waals surface area contributed by atoms with Crippen molar-refractivity contribution in [1.29, 1.82) is 0 Å². The third-order valence-electron chi connectivity index (χ3n) is 3.26. The van der Waals surface area contributed by atoms with Crippen LogP contribution >= 0.6 is 0 Å². The summed E-state index contributed by atoms with van der Waals surface area (Å²) in [5.74, 6) is 0.345. The maximum atomic E-state index is 12.8. The molecule has 0 atom stereocenters. The predicted molar refractivity (Wildman–Crippen MR) is 65.2 cm³/mol. The summed E-state index contributed by atoms with van der Waals surface area (Å²) in [7, 11) is -7.67. The van der Waals surface area contributed by atoms with Gasteiger partial charge >= 0.3 is 0 Å². The molecule has 2 rings (SSSR count). The van der Waals surface area contributed by atoms with E-state index in [9.17, 15) is 25.6 Å². The minimum atomic E-state index is -4.69. The second-order valence-electron chi connectivity index (χ2n) is 4.69. The van der Waals surface area contributed by atoms with Gasteiger partial charge in [0.2, 0.25) is 10.0 Å². The standard InChI is InChI=1S/C9H13F2N3O4S2/c1-6-12-7(5-14(6)2)19(15,16)13-20(17,18)9(3-4-9)8(10)11/h5,8,13H,3-4H2,1-2H3. The normalized spacial score (nSPS) is 18.4. The molecular formula is C9H13F2N3O4S2. The topological polar surface area (TPSA) is 98.1 Å². The smallest absolute Gasteiger partial charge is 0.272 e. The lowest BCUT2D eigenvalue weighted by molar-refractivity contribution is 0.133. The fraction of sp³-hybridized carbons (Fsp3) is 0.667. The first-order valence-corrected chi connectivity index (χ1v) is 8.55. The molecule has 1 fully saturated rings. The molecule has 0 unspecified atom stereocenters. The minimum Gasteiger partial charge on any atom is -0.337 e. The first kappa shape index (κ1) is 15.3. The van der Waals surface area contributed by atoms with E-state index in [1.165, 1.54) is 22.7 Å². The third-order valence-corrected chi connectivity index (χ3v) is 7.42. The first-order chi connectivity index (χ1) is 9.02. The zero-order valence-corrected chi connectivity index (χ0v) is 12.3. The van der Waals surface area contributed by atoms with Crippen LogP contribution in [0, 0.1) is 6.92 Å². The van der Waals surface area contributed by atoms with Gasteiger partial charge in [0.1, 0.15) is 10.6 Å². The van der Waals surface area contributed by atoms with Gasteiger partial charge in [-0.15, -0.1) is 4.13 Å². The van der Waals surface area contributed by atoms with Crippen molar-refractivity contribution < 1.29 is 25.6 Å². The van der Waals surface area contributed by atoms with Crippen molar-refractivity contribution in [3.05, 3.63) is 12.0 Å². The number of hydrogen-bond donors (Lipinski definition) is 1. The van der Waals surface area contributed by atoms with E-state index in [2.05, 4.69) is 4.98 Å². The molecule has 0 amide bonds. The summed E-state index contributed by atoms with van der Waals surface area (Å²) in [4.78, 5) is 3.67. The van der Waals surface area contributed by atoms with E-state index in [0.717, 1.165) is 6.20 Å². The van der Waals surface area contributed by atoms with Gasteiger partial charge < -0.3 is 4.57 Å². The Morgan fingerprint density at radius 2 is 1.90 bits per heavy atom. The van der Waals surface area contributed by atoms with E-state index in [-0.39, 0.29) is 12.8 Å². The van der Waals surface area contributed by atoms with Gasteiger partial charge in [-0.3, -0.25) is 0 Å². The average Bonchev–Trinajstić information content (AvgIpc) is 3.02. The van der Waals surface area contributed by atoms with E-state index in [0.29, 0.717) is 5.82 Å². The quantitative estimate of drug-likeness (QED) is 0.828. The summed E-state index contributed by atoms with van der Waals surface area (Å²) in [5.41, 5.74) is 0. The molecule has 0 aliphatic heterocycles. The molecule has 0 saturated heterocycles. The highest BCUT2D eigenvalue weighted by Gasteiger charge is 2.63. The van der Waals surface area contributed by atoms with Crippen LogP contribution in [0.2, 0.25) is 0 Å². The van der Waals surface area contributed by atoms with Gasteiger partial charge in [-0.1, -0.05) is 0 Å². The molecule has 0 aromatic carbocycles. The van der Waals surface area contributed by atoms with Gasteiger partial charge in [-0.25, -0.2) is 30.6 Å². The predicted octanol–water partition coefficient (Wildman–Crippen LogP) is 0.134. The van der Waals surface area contributed by atoms with Gasteiger partial charge in [0.25, 0.3) is 16.4 Å². The van der Waals surface area contributed by atoms with Crippen LogP contribution in [0.25, 0.3) is 0 Å². The van der Waals surface area contributed by atoms with Crippen LogP contribution in [0.15, 0.2) is 11.2 Å². The van der Waals surface area contributed by atoms with E-state index in [4.69, 9.17) is 0 Å². The molecule has 0 spiro atoms. The van der Waals surface area contributed by atoms with Gasteiger partial charge in [0, 0.05) is 13.2 Å². The van der Waals surface area contributed by atoms with Gasteiger partial charge in [-0.05, 0) is 19.8 Å². The molecular weight excluding hydrogens is 316 g/mol. The van der Waals surface area contributed by atoms with E-state index < -0.39 is 36.2 Å². The van der Waals surface area contributed by atoms with Crippen LogP contribution in [0.4, 0.5) is 8.78 Å². The van der Waals surface area contributed by atoms with Crippen molar-refractivity contribution in [1.82, 2.24) is 13.7 Å². The third kappa shape index (κ3) is 2.33. The van der Waals surface area contributed by atoms with Crippen LogP contribution in [-0.4, -0.2) is 37.6 Å². The maximum absolute atomic E-state index is 12.8. The molecule has 1 saturated carbocycles. The molecule has 114 valence electrons. The largest absolute Gasteiger partial charge is 0.337 e. The Balaban J connectivity index is 2.34. The van der Waals surface area contributed by atoms with Crippen molar-refractivity contribution in [2.45, 2.75) is 36.0 Å². The van der Waals surface area contributed by atoms with Gasteiger partial charge in [0.05, 0.1) is 0 Å². The van der Waals surface area contributed by atoms with E-state index in [1.54, 1.807) is 0 Å². The number of nitrogens with zero attached hydrogens (tertiary/aromatic N) is 2. The summed E-state index contributed by atoms with van der Waals surface area (Å²) in [6.45, 7) is 1.52. The number of hydrogen-bond acceptors (Lipinski definition) is 5. The summed E-state index contributed by atoms with van der Waals surface area (Å²) >= 11 is 0. The molecule has 1 aromatic rings. The fourth-order valence-corrected chi connectivity index (χ4v) is 5.24. The molecule has 11 heteroatoms. The van der Waals surface area contributed by atoms with Crippen LogP contribution < -0.4 is 4.13 Å². The summed E-state index contributed by atoms with van der Waals surface area (Å²) in [5, 5.41) is -0.522. The lowest BCUT2D eigenvalue weighted by Gasteiger charge is -2.15. The average molecular weight is 329 g/mol. The number of aryl methyl sites for hydroxylation is 2. The molecule has 0 radical (unpaired) electrons. The zero-order valence-electron chi connectivity index (χ0n) is 10.7. The molecule has 7 nitrogen and oxygen atoms in total. The zero-order chi connectivity index (χ0) is 15.3. The van der Waals surface area contributed by atoms with Gasteiger partial charge in [-0.2, -0.15) is 0 Å². The summed E-state index contributed by atoms with van der Waals surface area (Å²) < 4.78 is 73.5. The molecule has 1 aliphatic rings. The van der Waals surface area contributed by atoms with Crippen LogP contribution in [-0.2, 0) is 27.1 Å². The Morgan fingerprint density at radius 1 is 1.35 bits per heavy atom. The van der Waals surface area contributed by atoms with Crippen LogP contribution in [0.3, 0.4) is 0 Å². The van der Waals surface area contributed by atoms with E-state index >= 15 is 0 Å². The fourth-order valence-electron chi connectivity index (χ4n) is 1.65. The van der Waals surface area contributed by atoms with Gasteiger partial charge in [0.15, 0.2) is 5.03 Å². The number of rotatable bonds is 5. The van der Waals surface area contributed by atoms with Crippen molar-refractivity contribution in [2.24, 2.45) is 7.05 Å². The van der Waals surface area contributed by atoms with E-state index in [1.807, 2.05) is 0 Å². The minimum absolute atomic E-state index is 0.267. The van der Waals surface area contributed by atoms with Crippen LogP contribution in [0.1, 0.15) is 18.7 Å². The van der Waals surface area contributed by atoms with Crippen molar-refractivity contribution in [2.75, 3.05) is 0 Å². The number of halogens is 2. The number of nitrogens with one attached hydrogen (secondary N) is 1.